The molecule has 3 aromatic heterocycles. The number of fused-ring (bicyclic) bond motifs is 1. The van der Waals surface area contributed by atoms with Gasteiger partial charge in [0.25, 0.3) is 5.91 Å². The van der Waals surface area contributed by atoms with E-state index < -0.39 is 4.92 Å². The summed E-state index contributed by atoms with van der Waals surface area (Å²) < 4.78 is 1.23. The van der Waals surface area contributed by atoms with E-state index in [0.717, 1.165) is 4.88 Å². The van der Waals surface area contributed by atoms with Gasteiger partial charge < -0.3 is 19.9 Å². The van der Waals surface area contributed by atoms with E-state index in [2.05, 4.69) is 10.1 Å². The minimum atomic E-state index is -0.506. The molecule has 0 unspecified atom stereocenters. The van der Waals surface area contributed by atoms with Crippen molar-refractivity contribution >= 4 is 34.5 Å². The molecule has 0 bridgehead atoms. The van der Waals surface area contributed by atoms with Crippen molar-refractivity contribution in [2.75, 3.05) is 31.1 Å². The Morgan fingerprint density at radius 3 is 2.68 bits per heavy atom. The van der Waals surface area contributed by atoms with Gasteiger partial charge in [-0.3, -0.25) is 4.79 Å². The number of piperazine rings is 1. The number of hydrogen-bond donors (Lipinski definition) is 0. The summed E-state index contributed by atoms with van der Waals surface area (Å²) in [7, 11) is 0. The maximum Gasteiger partial charge on any atom is 0.368 e. The van der Waals surface area contributed by atoms with Crippen molar-refractivity contribution in [2.24, 2.45) is 0 Å². The number of nitro groups is 1. The Bertz CT molecular complexity index is 930. The van der Waals surface area contributed by atoms with Crippen molar-refractivity contribution in [3.8, 4) is 0 Å². The molecule has 1 aliphatic heterocycles. The molecule has 1 amide bonds. The molecule has 4 heterocycles. The van der Waals surface area contributed by atoms with E-state index in [0.29, 0.717) is 37.6 Å². The van der Waals surface area contributed by atoms with Crippen LogP contribution in [-0.4, -0.2) is 56.5 Å². The van der Waals surface area contributed by atoms with Crippen LogP contribution in [-0.2, 0) is 0 Å². The number of aromatic nitrogens is 3. The average Bonchev–Trinajstić information content (AvgIpc) is 3.30. The Labute approximate surface area is 146 Å². The van der Waals surface area contributed by atoms with Gasteiger partial charge in [-0.1, -0.05) is 15.7 Å². The van der Waals surface area contributed by atoms with Crippen LogP contribution >= 0.6 is 11.3 Å². The van der Waals surface area contributed by atoms with Gasteiger partial charge in [-0.15, -0.1) is 11.3 Å². The van der Waals surface area contributed by atoms with Gasteiger partial charge in [0.05, 0.1) is 4.88 Å². The Kier molecular flexibility index (Phi) is 3.80. The molecule has 128 valence electrons. The topological polar surface area (TPSA) is 96.9 Å². The normalized spacial score (nSPS) is 14.9. The lowest BCUT2D eigenvalue weighted by atomic mass is 10.3. The predicted molar refractivity (Wildman–Crippen MR) is 92.1 cm³/mol. The summed E-state index contributed by atoms with van der Waals surface area (Å²) >= 11 is 1.44. The first-order valence-corrected chi connectivity index (χ1v) is 8.58. The summed E-state index contributed by atoms with van der Waals surface area (Å²) in [5.41, 5.74) is 0.432. The molecule has 1 fully saturated rings. The third-order valence-electron chi connectivity index (χ3n) is 4.14. The van der Waals surface area contributed by atoms with E-state index in [1.54, 1.807) is 12.1 Å². The molecular weight excluding hydrogens is 344 g/mol. The molecule has 0 N–H and O–H groups in total. The Hall–Kier alpha value is -3.01. The van der Waals surface area contributed by atoms with Gasteiger partial charge in [0, 0.05) is 32.2 Å². The summed E-state index contributed by atoms with van der Waals surface area (Å²) in [4.78, 5) is 31.5. The molecule has 0 radical (unpaired) electrons. The second kappa shape index (κ2) is 6.13. The minimum absolute atomic E-state index is 0.0447. The number of thiophene rings is 1. The van der Waals surface area contributed by atoms with Crippen molar-refractivity contribution in [3.05, 3.63) is 50.8 Å². The zero-order valence-electron chi connectivity index (χ0n) is 13.1. The first kappa shape index (κ1) is 15.5. The van der Waals surface area contributed by atoms with E-state index >= 15 is 0 Å². The van der Waals surface area contributed by atoms with E-state index in [1.807, 2.05) is 27.3 Å². The second-order valence-corrected chi connectivity index (χ2v) is 6.54. The largest absolute Gasteiger partial charge is 0.368 e. The number of imidazole rings is 1. The average molecular weight is 358 g/mol. The molecule has 0 atom stereocenters. The molecule has 25 heavy (non-hydrogen) atoms. The summed E-state index contributed by atoms with van der Waals surface area (Å²) in [6, 6.07) is 7.19. The smallest absolute Gasteiger partial charge is 0.358 e. The maximum atomic E-state index is 12.4. The van der Waals surface area contributed by atoms with Crippen molar-refractivity contribution in [1.82, 2.24) is 19.5 Å². The van der Waals surface area contributed by atoms with Crippen LogP contribution in [0.4, 0.5) is 11.6 Å². The number of hydrogen-bond acceptors (Lipinski definition) is 7. The number of amides is 1. The molecule has 0 aliphatic carbocycles. The predicted octanol–water partition coefficient (Wildman–Crippen LogP) is 1.66. The van der Waals surface area contributed by atoms with Gasteiger partial charge in [0.15, 0.2) is 5.82 Å². The van der Waals surface area contributed by atoms with Gasteiger partial charge in [0.1, 0.15) is 6.20 Å². The van der Waals surface area contributed by atoms with Crippen molar-refractivity contribution < 1.29 is 9.72 Å². The SMILES string of the molecule is O=C(c1cccs1)N1CCN(c2ccc3ncc([N+](=O)[O-])n3n2)CC1. The monoisotopic (exact) mass is 358 g/mol. The molecule has 0 saturated carbocycles. The number of carbonyl (C=O) groups is 1. The van der Waals surface area contributed by atoms with E-state index in [1.165, 1.54) is 22.0 Å². The maximum absolute atomic E-state index is 12.4. The lowest BCUT2D eigenvalue weighted by molar-refractivity contribution is -0.391. The Morgan fingerprint density at radius 1 is 1.20 bits per heavy atom. The molecule has 4 rings (SSSR count). The first-order valence-electron chi connectivity index (χ1n) is 7.70. The van der Waals surface area contributed by atoms with Gasteiger partial charge in [-0.25, -0.2) is 4.98 Å². The molecule has 1 saturated heterocycles. The number of rotatable bonds is 3. The lowest BCUT2D eigenvalue weighted by Crippen LogP contribution is -2.49. The van der Waals surface area contributed by atoms with Gasteiger partial charge in [0.2, 0.25) is 5.65 Å². The summed E-state index contributed by atoms with van der Waals surface area (Å²) in [6.45, 7) is 2.42. The highest BCUT2D eigenvalue weighted by molar-refractivity contribution is 7.12. The molecule has 0 spiro atoms. The van der Waals surface area contributed by atoms with Crippen molar-refractivity contribution in [1.29, 1.82) is 0 Å². The highest BCUT2D eigenvalue weighted by Gasteiger charge is 2.25. The van der Waals surface area contributed by atoms with Crippen molar-refractivity contribution in [2.45, 2.75) is 0 Å². The second-order valence-electron chi connectivity index (χ2n) is 5.59. The van der Waals surface area contributed by atoms with Gasteiger partial charge >= 0.3 is 5.82 Å². The van der Waals surface area contributed by atoms with Crippen LogP contribution in [0.25, 0.3) is 5.65 Å². The minimum Gasteiger partial charge on any atom is -0.358 e. The van der Waals surface area contributed by atoms with Crippen LogP contribution in [0.1, 0.15) is 9.67 Å². The Morgan fingerprint density at radius 2 is 2.00 bits per heavy atom. The lowest BCUT2D eigenvalue weighted by Gasteiger charge is -2.34. The summed E-state index contributed by atoms with van der Waals surface area (Å²) in [5, 5.41) is 17.3. The Balaban J connectivity index is 1.51. The van der Waals surface area contributed by atoms with Crippen molar-refractivity contribution in [3.63, 3.8) is 0 Å². The highest BCUT2D eigenvalue weighted by atomic mass is 32.1. The molecule has 3 aromatic rings. The third kappa shape index (κ3) is 2.80. The number of anilines is 1. The molecule has 10 heteroatoms. The molecular formula is C15H14N6O3S. The fourth-order valence-corrected chi connectivity index (χ4v) is 3.53. The van der Waals surface area contributed by atoms with Crippen LogP contribution in [0, 0.1) is 10.1 Å². The molecule has 0 aromatic carbocycles. The zero-order chi connectivity index (χ0) is 17.4. The first-order chi connectivity index (χ1) is 12.1. The van der Waals surface area contributed by atoms with Crippen LogP contribution in [0.3, 0.4) is 0 Å². The number of nitrogens with zero attached hydrogens (tertiary/aromatic N) is 6. The van der Waals surface area contributed by atoms with Crippen LogP contribution in [0.2, 0.25) is 0 Å². The summed E-state index contributed by atoms with van der Waals surface area (Å²) in [6.07, 6.45) is 1.20. The van der Waals surface area contributed by atoms with Gasteiger partial charge in [-0.2, -0.15) is 0 Å². The quantitative estimate of drug-likeness (QED) is 0.522. The van der Waals surface area contributed by atoms with Crippen LogP contribution < -0.4 is 4.90 Å². The zero-order valence-corrected chi connectivity index (χ0v) is 13.9. The van der Waals surface area contributed by atoms with Gasteiger partial charge in [-0.05, 0) is 22.4 Å². The van der Waals surface area contributed by atoms with Crippen LogP contribution in [0.5, 0.6) is 0 Å². The number of carbonyl (C=O) groups excluding carboxylic acids is 1. The fourth-order valence-electron chi connectivity index (χ4n) is 2.84. The van der Waals surface area contributed by atoms with Crippen LogP contribution in [0.15, 0.2) is 35.8 Å². The standard InChI is InChI=1S/C15H14N6O3S/c22-15(11-2-1-9-25-11)19-7-5-18(6-8-19)13-4-3-12-16-10-14(21(23)24)20(12)17-13/h1-4,9-10H,5-8H2. The van der Waals surface area contributed by atoms with E-state index in [-0.39, 0.29) is 11.7 Å². The molecule has 1 aliphatic rings. The fraction of sp³-hybridized carbons (Fsp3) is 0.267. The molecule has 9 nitrogen and oxygen atoms in total. The third-order valence-corrected chi connectivity index (χ3v) is 5.00. The van der Waals surface area contributed by atoms with E-state index in [4.69, 9.17) is 0 Å². The summed E-state index contributed by atoms with van der Waals surface area (Å²) in [5.74, 6) is 0.517. The highest BCUT2D eigenvalue weighted by Crippen LogP contribution is 2.19. The van der Waals surface area contributed by atoms with E-state index in [9.17, 15) is 14.9 Å².